The normalized spacial score (nSPS) is 24.0. The van der Waals surface area contributed by atoms with Crippen molar-refractivity contribution in [2.45, 2.75) is 63.0 Å². The average molecular weight is 519 g/mol. The largest absolute Gasteiger partial charge is 0.455 e. The second-order valence-corrected chi connectivity index (χ2v) is 10.5. The molecule has 2 aliphatic rings. The fourth-order valence-electron chi connectivity index (χ4n) is 5.38. The molecular weight excluding hydrogens is 480 g/mol. The fourth-order valence-corrected chi connectivity index (χ4v) is 5.38. The van der Waals surface area contributed by atoms with Crippen LogP contribution < -0.4 is 10.6 Å². The Balaban J connectivity index is 1.52. The third kappa shape index (κ3) is 7.54. The number of nitrogens with one attached hydrogen (secondary N) is 2. The molecule has 2 aromatic rings. The predicted molar refractivity (Wildman–Crippen MR) is 145 cm³/mol. The quantitative estimate of drug-likeness (QED) is 0.379. The van der Waals surface area contributed by atoms with Gasteiger partial charge in [0.2, 0.25) is 11.8 Å². The summed E-state index contributed by atoms with van der Waals surface area (Å²) in [5.41, 5.74) is 1.28. The maximum Gasteiger partial charge on any atom is 0.310 e. The molecule has 1 aliphatic heterocycles. The first-order valence-corrected chi connectivity index (χ1v) is 13.6. The first-order chi connectivity index (χ1) is 18.5. The number of aliphatic hydroxyl groups is 1. The molecule has 38 heavy (non-hydrogen) atoms. The molecule has 3 unspecified atom stereocenters. The number of rotatable bonds is 7. The van der Waals surface area contributed by atoms with Crippen LogP contribution in [0.15, 0.2) is 72.8 Å². The van der Waals surface area contributed by atoms with Crippen molar-refractivity contribution in [1.82, 2.24) is 10.6 Å². The molecule has 7 heteroatoms. The number of cyclic esters (lactones) is 1. The van der Waals surface area contributed by atoms with Gasteiger partial charge in [0, 0.05) is 6.42 Å². The zero-order valence-electron chi connectivity index (χ0n) is 21.8. The number of aliphatic hydroxyl groups excluding tert-OH is 1. The standard InChI is InChI=1S/C31H38N2O5/c34-22-31(17-9-10-18-31)33-28(35)20-25-15-7-8-16-26(19-23-11-3-1-4-12-23)30(37)38-27(21-32-29(25)36)24-13-5-2-6-14-24/h1-8,11-14,25-27,34H,9-10,15-22H2,(H,32,36)(H,33,35). The third-order valence-electron chi connectivity index (χ3n) is 7.63. The van der Waals surface area contributed by atoms with Gasteiger partial charge in [-0.05, 0) is 43.2 Å². The Morgan fingerprint density at radius 3 is 2.24 bits per heavy atom. The maximum atomic E-state index is 13.3. The van der Waals surface area contributed by atoms with Gasteiger partial charge in [0.15, 0.2) is 0 Å². The molecule has 1 saturated carbocycles. The van der Waals surface area contributed by atoms with E-state index in [9.17, 15) is 19.5 Å². The van der Waals surface area contributed by atoms with E-state index in [1.165, 1.54) is 0 Å². The summed E-state index contributed by atoms with van der Waals surface area (Å²) in [6, 6.07) is 19.2. The third-order valence-corrected chi connectivity index (χ3v) is 7.63. The highest BCUT2D eigenvalue weighted by Gasteiger charge is 2.35. The van der Waals surface area contributed by atoms with E-state index < -0.39 is 17.6 Å². The molecule has 0 aromatic heterocycles. The van der Waals surface area contributed by atoms with Crippen LogP contribution in [-0.2, 0) is 25.5 Å². The molecule has 7 nitrogen and oxygen atoms in total. The van der Waals surface area contributed by atoms with Crippen LogP contribution in [0.4, 0.5) is 0 Å². The lowest BCUT2D eigenvalue weighted by Gasteiger charge is -2.29. The molecule has 3 N–H and O–H groups in total. The number of allylic oxidation sites excluding steroid dienone is 2. The molecule has 1 aliphatic carbocycles. The van der Waals surface area contributed by atoms with Gasteiger partial charge in [0.05, 0.1) is 30.5 Å². The highest BCUT2D eigenvalue weighted by Crippen LogP contribution is 2.30. The topological polar surface area (TPSA) is 105 Å². The van der Waals surface area contributed by atoms with E-state index in [2.05, 4.69) is 10.6 Å². The molecule has 2 amide bonds. The molecule has 2 aromatic carbocycles. The van der Waals surface area contributed by atoms with Crippen molar-refractivity contribution in [2.75, 3.05) is 13.2 Å². The highest BCUT2D eigenvalue weighted by atomic mass is 16.5. The lowest BCUT2D eigenvalue weighted by atomic mass is 9.93. The van der Waals surface area contributed by atoms with Crippen molar-refractivity contribution in [3.8, 4) is 0 Å². The Bertz CT molecular complexity index is 1100. The molecule has 0 radical (unpaired) electrons. The molecular formula is C31H38N2O5. The number of benzene rings is 2. The molecule has 0 saturated heterocycles. The zero-order valence-corrected chi connectivity index (χ0v) is 21.8. The van der Waals surface area contributed by atoms with Crippen LogP contribution >= 0.6 is 0 Å². The van der Waals surface area contributed by atoms with Crippen LogP contribution in [-0.4, -0.2) is 41.6 Å². The highest BCUT2D eigenvalue weighted by molar-refractivity contribution is 5.86. The van der Waals surface area contributed by atoms with Crippen LogP contribution in [0.2, 0.25) is 0 Å². The Morgan fingerprint density at radius 2 is 1.58 bits per heavy atom. The van der Waals surface area contributed by atoms with Crippen LogP contribution in [0.25, 0.3) is 0 Å². The van der Waals surface area contributed by atoms with E-state index in [0.29, 0.717) is 19.3 Å². The van der Waals surface area contributed by atoms with E-state index in [4.69, 9.17) is 4.74 Å². The predicted octanol–water partition coefficient (Wildman–Crippen LogP) is 4.02. The van der Waals surface area contributed by atoms with Gasteiger partial charge in [-0.15, -0.1) is 0 Å². The van der Waals surface area contributed by atoms with Crippen molar-refractivity contribution >= 4 is 17.8 Å². The van der Waals surface area contributed by atoms with Crippen molar-refractivity contribution in [1.29, 1.82) is 0 Å². The van der Waals surface area contributed by atoms with E-state index in [1.54, 1.807) is 0 Å². The number of carbonyl (C=O) groups is 3. The molecule has 3 atom stereocenters. The molecule has 202 valence electrons. The lowest BCUT2D eigenvalue weighted by molar-refractivity contribution is -0.154. The van der Waals surface area contributed by atoms with Gasteiger partial charge in [0.25, 0.3) is 0 Å². The molecule has 1 fully saturated rings. The number of ether oxygens (including phenoxy) is 1. The minimum atomic E-state index is -0.639. The minimum Gasteiger partial charge on any atom is -0.455 e. The number of carbonyl (C=O) groups excluding carboxylic acids is 3. The van der Waals surface area contributed by atoms with E-state index in [-0.39, 0.29) is 43.3 Å². The average Bonchev–Trinajstić information content (AvgIpc) is 3.40. The summed E-state index contributed by atoms with van der Waals surface area (Å²) < 4.78 is 5.98. The van der Waals surface area contributed by atoms with Gasteiger partial charge in [-0.3, -0.25) is 14.4 Å². The summed E-state index contributed by atoms with van der Waals surface area (Å²) in [5, 5.41) is 15.8. The van der Waals surface area contributed by atoms with Crippen molar-refractivity contribution in [3.63, 3.8) is 0 Å². The van der Waals surface area contributed by atoms with Gasteiger partial charge in [-0.1, -0.05) is 85.7 Å². The Kier molecular flexibility index (Phi) is 9.71. The van der Waals surface area contributed by atoms with Gasteiger partial charge in [-0.2, -0.15) is 0 Å². The molecule has 4 rings (SSSR count). The van der Waals surface area contributed by atoms with Gasteiger partial charge >= 0.3 is 5.97 Å². The van der Waals surface area contributed by atoms with Gasteiger partial charge in [-0.25, -0.2) is 0 Å². The zero-order chi connectivity index (χ0) is 26.8. The number of hydrogen-bond acceptors (Lipinski definition) is 5. The van der Waals surface area contributed by atoms with Gasteiger partial charge in [0.1, 0.15) is 6.10 Å². The molecule has 1 heterocycles. The van der Waals surface area contributed by atoms with Crippen molar-refractivity contribution in [2.24, 2.45) is 11.8 Å². The van der Waals surface area contributed by atoms with Gasteiger partial charge < -0.3 is 20.5 Å². The van der Waals surface area contributed by atoms with E-state index >= 15 is 0 Å². The summed E-state index contributed by atoms with van der Waals surface area (Å²) >= 11 is 0. The summed E-state index contributed by atoms with van der Waals surface area (Å²) in [5.74, 6) is -1.72. The monoisotopic (exact) mass is 518 g/mol. The van der Waals surface area contributed by atoms with E-state index in [1.807, 2.05) is 72.8 Å². The molecule has 0 bridgehead atoms. The summed E-state index contributed by atoms with van der Waals surface area (Å²) in [4.78, 5) is 39.4. The van der Waals surface area contributed by atoms with Crippen LogP contribution in [0.1, 0.15) is 62.2 Å². The van der Waals surface area contributed by atoms with Crippen molar-refractivity contribution in [3.05, 3.63) is 83.9 Å². The number of esters is 1. The summed E-state index contributed by atoms with van der Waals surface area (Å²) in [6.45, 7) is 0.0253. The Hall–Kier alpha value is -3.45. The number of amides is 2. The lowest BCUT2D eigenvalue weighted by Crippen LogP contribution is -2.50. The smallest absolute Gasteiger partial charge is 0.310 e. The van der Waals surface area contributed by atoms with Crippen LogP contribution in [0.3, 0.4) is 0 Å². The van der Waals surface area contributed by atoms with Crippen LogP contribution in [0, 0.1) is 11.8 Å². The fraction of sp³-hybridized carbons (Fsp3) is 0.452. The minimum absolute atomic E-state index is 0.0289. The first kappa shape index (κ1) is 27.6. The summed E-state index contributed by atoms with van der Waals surface area (Å²) in [6.07, 6.45) is 8.03. The van der Waals surface area contributed by atoms with E-state index in [0.717, 1.165) is 36.8 Å². The summed E-state index contributed by atoms with van der Waals surface area (Å²) in [7, 11) is 0. The first-order valence-electron chi connectivity index (χ1n) is 13.6. The van der Waals surface area contributed by atoms with Crippen LogP contribution in [0.5, 0.6) is 0 Å². The maximum absolute atomic E-state index is 13.3. The Morgan fingerprint density at radius 1 is 0.947 bits per heavy atom. The van der Waals surface area contributed by atoms with Crippen molar-refractivity contribution < 1.29 is 24.2 Å². The second-order valence-electron chi connectivity index (χ2n) is 10.5. The SMILES string of the molecule is O=C(CC1CC=CCC(Cc2ccccc2)C(=O)OC(c2ccccc2)CNC1=O)NC1(CO)CCCC1. The molecule has 0 spiro atoms. The Labute approximate surface area is 224 Å². The number of hydrogen-bond donors (Lipinski definition) is 3. The second kappa shape index (κ2) is 13.4.